The number of carbonyl (C=O) groups is 1. The third-order valence-electron chi connectivity index (χ3n) is 4.11. The van der Waals surface area contributed by atoms with Crippen LogP contribution in [0.25, 0.3) is 11.0 Å². The number of carboxylic acids is 1. The van der Waals surface area contributed by atoms with Crippen molar-refractivity contribution in [3.05, 3.63) is 39.7 Å². The maximum absolute atomic E-state index is 12.3. The van der Waals surface area contributed by atoms with Crippen LogP contribution in [0.4, 0.5) is 0 Å². The molecule has 0 radical (unpaired) electrons. The lowest BCUT2D eigenvalue weighted by Gasteiger charge is -2.13. The van der Waals surface area contributed by atoms with Crippen LogP contribution in [0, 0.1) is 0 Å². The molecule has 0 aliphatic heterocycles. The molecule has 0 saturated heterocycles. The Morgan fingerprint density at radius 2 is 1.92 bits per heavy atom. The molecule has 2 rings (SSSR count). The summed E-state index contributed by atoms with van der Waals surface area (Å²) in [6, 6.07) is 4.39. The number of aromatic carboxylic acids is 1. The Hall–Kier alpha value is -2.34. The third-order valence-corrected chi connectivity index (χ3v) is 4.11. The molecule has 1 N–H and O–H groups in total. The van der Waals surface area contributed by atoms with Gasteiger partial charge in [-0.2, -0.15) is 0 Å². The van der Waals surface area contributed by atoms with Crippen molar-refractivity contribution in [1.82, 2.24) is 0 Å². The molecule has 6 heteroatoms. The van der Waals surface area contributed by atoms with E-state index in [-0.39, 0.29) is 16.8 Å². The van der Waals surface area contributed by atoms with Gasteiger partial charge in [0.05, 0.1) is 12.0 Å². The lowest BCUT2D eigenvalue weighted by atomic mass is 10.0. The van der Waals surface area contributed by atoms with Crippen molar-refractivity contribution in [3.8, 4) is 5.75 Å². The zero-order chi connectivity index (χ0) is 18.9. The third kappa shape index (κ3) is 5.33. The second-order valence-corrected chi connectivity index (χ2v) is 6.09. The molecule has 2 aromatic rings. The molecule has 0 fully saturated rings. The van der Waals surface area contributed by atoms with Crippen LogP contribution in [-0.2, 0) is 11.2 Å². The molecule has 142 valence electrons. The summed E-state index contributed by atoms with van der Waals surface area (Å²) in [5, 5.41) is 9.45. The van der Waals surface area contributed by atoms with Crippen LogP contribution in [0.1, 0.15) is 55.6 Å². The Bertz CT molecular complexity index is 793. The molecule has 0 aliphatic carbocycles. The average Bonchev–Trinajstić information content (AvgIpc) is 2.62. The van der Waals surface area contributed by atoms with Gasteiger partial charge in [0.15, 0.2) is 5.43 Å². The zero-order valence-corrected chi connectivity index (χ0v) is 15.4. The van der Waals surface area contributed by atoms with Gasteiger partial charge in [-0.3, -0.25) is 4.79 Å². The number of rotatable bonds is 11. The normalized spacial score (nSPS) is 11.0. The number of carboxylic acid groups (broad SMARTS) is 1. The van der Waals surface area contributed by atoms with E-state index in [1.54, 1.807) is 12.1 Å². The monoisotopic (exact) mass is 362 g/mol. The predicted octanol–water partition coefficient (Wildman–Crippen LogP) is 4.03. The largest absolute Gasteiger partial charge is 0.491 e. The highest BCUT2D eigenvalue weighted by atomic mass is 16.5. The van der Waals surface area contributed by atoms with Crippen LogP contribution >= 0.6 is 0 Å². The van der Waals surface area contributed by atoms with E-state index in [1.807, 2.05) is 6.92 Å². The Morgan fingerprint density at radius 3 is 2.62 bits per heavy atom. The first kappa shape index (κ1) is 20.0. The lowest BCUT2D eigenvalue weighted by molar-refractivity contribution is 0.0663. The molecular weight excluding hydrogens is 336 g/mol. The Labute approximate surface area is 152 Å². The Kier molecular flexibility index (Phi) is 7.66. The van der Waals surface area contributed by atoms with E-state index in [1.165, 1.54) is 0 Å². The number of fused-ring (bicyclic) bond motifs is 1. The van der Waals surface area contributed by atoms with Crippen LogP contribution < -0.4 is 10.2 Å². The minimum atomic E-state index is -1.27. The predicted molar refractivity (Wildman–Crippen MR) is 99.3 cm³/mol. The van der Waals surface area contributed by atoms with Gasteiger partial charge in [-0.25, -0.2) is 4.79 Å². The van der Waals surface area contributed by atoms with Gasteiger partial charge in [0.1, 0.15) is 17.9 Å². The van der Waals surface area contributed by atoms with Crippen molar-refractivity contribution in [3.63, 3.8) is 0 Å². The first-order valence-electron chi connectivity index (χ1n) is 9.11. The van der Waals surface area contributed by atoms with Crippen molar-refractivity contribution in [1.29, 1.82) is 0 Å². The number of unbranched alkanes of at least 4 members (excludes halogenated alkanes) is 3. The van der Waals surface area contributed by atoms with Crippen molar-refractivity contribution in [2.75, 3.05) is 19.8 Å². The molecule has 0 saturated carbocycles. The van der Waals surface area contributed by atoms with Crippen LogP contribution in [0.3, 0.4) is 0 Å². The first-order valence-corrected chi connectivity index (χ1v) is 9.11. The smallest absolute Gasteiger partial charge is 0.371 e. The number of benzene rings is 1. The van der Waals surface area contributed by atoms with E-state index in [9.17, 15) is 9.59 Å². The standard InChI is InChI=1S/C20H26O6/c1-3-5-6-7-8-14-11-15-16(21)12-19(20(22)23)26-18(15)13-17(14)25-10-9-24-4-2/h11-13H,3-10H2,1-2H3,(H,22,23). The maximum atomic E-state index is 12.3. The minimum absolute atomic E-state index is 0.221. The molecule has 1 aromatic carbocycles. The maximum Gasteiger partial charge on any atom is 0.371 e. The van der Waals surface area contributed by atoms with Crippen molar-refractivity contribution in [2.45, 2.75) is 46.0 Å². The van der Waals surface area contributed by atoms with E-state index < -0.39 is 5.97 Å². The van der Waals surface area contributed by atoms with Gasteiger partial charge in [-0.15, -0.1) is 0 Å². The lowest BCUT2D eigenvalue weighted by Crippen LogP contribution is -2.10. The number of aryl methyl sites for hydroxylation is 1. The van der Waals surface area contributed by atoms with E-state index >= 15 is 0 Å². The minimum Gasteiger partial charge on any atom is -0.491 e. The Balaban J connectivity index is 2.34. The van der Waals surface area contributed by atoms with Crippen LogP contribution in [0.2, 0.25) is 0 Å². The van der Waals surface area contributed by atoms with E-state index in [0.29, 0.717) is 31.0 Å². The Morgan fingerprint density at radius 1 is 1.12 bits per heavy atom. The van der Waals surface area contributed by atoms with E-state index in [2.05, 4.69) is 6.92 Å². The van der Waals surface area contributed by atoms with E-state index in [0.717, 1.165) is 43.7 Å². The van der Waals surface area contributed by atoms with Gasteiger partial charge in [-0.05, 0) is 31.4 Å². The zero-order valence-electron chi connectivity index (χ0n) is 15.4. The fraction of sp³-hybridized carbons (Fsp3) is 0.500. The molecule has 6 nitrogen and oxygen atoms in total. The molecule has 1 heterocycles. The van der Waals surface area contributed by atoms with Gasteiger partial charge >= 0.3 is 5.97 Å². The summed E-state index contributed by atoms with van der Waals surface area (Å²) in [5.41, 5.74) is 0.790. The summed E-state index contributed by atoms with van der Waals surface area (Å²) in [6.45, 7) is 5.52. The second-order valence-electron chi connectivity index (χ2n) is 6.09. The second kappa shape index (κ2) is 9.97. The summed E-state index contributed by atoms with van der Waals surface area (Å²) in [6.07, 6.45) is 5.22. The highest BCUT2D eigenvalue weighted by molar-refractivity contribution is 5.88. The number of hydrogen-bond acceptors (Lipinski definition) is 5. The van der Waals surface area contributed by atoms with E-state index in [4.69, 9.17) is 19.0 Å². The van der Waals surface area contributed by atoms with Gasteiger partial charge in [-0.1, -0.05) is 26.2 Å². The highest BCUT2D eigenvalue weighted by Gasteiger charge is 2.14. The molecule has 0 aliphatic rings. The molecule has 0 amide bonds. The van der Waals surface area contributed by atoms with Crippen molar-refractivity contribution >= 4 is 16.9 Å². The summed E-state index contributed by atoms with van der Waals surface area (Å²) in [4.78, 5) is 23.4. The van der Waals surface area contributed by atoms with Crippen molar-refractivity contribution in [2.24, 2.45) is 0 Å². The summed E-state index contributed by atoms with van der Waals surface area (Å²) in [5.74, 6) is -1.04. The average molecular weight is 362 g/mol. The van der Waals surface area contributed by atoms with Gasteiger partial charge in [0.2, 0.25) is 5.76 Å². The molecule has 0 atom stereocenters. The fourth-order valence-corrected chi connectivity index (χ4v) is 2.76. The van der Waals surface area contributed by atoms with Gasteiger partial charge in [0.25, 0.3) is 0 Å². The highest BCUT2D eigenvalue weighted by Crippen LogP contribution is 2.27. The quantitative estimate of drug-likeness (QED) is 0.607. The molecule has 0 bridgehead atoms. The summed E-state index contributed by atoms with van der Waals surface area (Å²) < 4.78 is 16.5. The summed E-state index contributed by atoms with van der Waals surface area (Å²) in [7, 11) is 0. The first-order chi connectivity index (χ1) is 12.6. The van der Waals surface area contributed by atoms with Gasteiger partial charge < -0.3 is 19.0 Å². The molecular formula is C20H26O6. The fourth-order valence-electron chi connectivity index (χ4n) is 2.76. The molecule has 0 spiro atoms. The molecule has 26 heavy (non-hydrogen) atoms. The van der Waals surface area contributed by atoms with Crippen molar-refractivity contribution < 1.29 is 23.8 Å². The van der Waals surface area contributed by atoms with Crippen LogP contribution in [0.5, 0.6) is 5.75 Å². The topological polar surface area (TPSA) is 86.0 Å². The SMILES string of the molecule is CCCCCCc1cc2c(=O)cc(C(=O)O)oc2cc1OCCOCC. The van der Waals surface area contributed by atoms with Gasteiger partial charge in [0, 0.05) is 18.7 Å². The molecule has 1 aromatic heterocycles. The van der Waals surface area contributed by atoms with Crippen LogP contribution in [0.15, 0.2) is 27.4 Å². The number of hydrogen-bond donors (Lipinski definition) is 1. The number of ether oxygens (including phenoxy) is 2. The molecule has 0 unspecified atom stereocenters. The van der Waals surface area contributed by atoms with Crippen LogP contribution in [-0.4, -0.2) is 30.9 Å². The summed E-state index contributed by atoms with van der Waals surface area (Å²) >= 11 is 0.